The number of fused-ring (bicyclic) bond motifs is 1. The number of alkyl carbamates (subject to hydrolysis) is 1. The van der Waals surface area contributed by atoms with Crippen LogP contribution in [0, 0.1) is 0 Å². The summed E-state index contributed by atoms with van der Waals surface area (Å²) in [4.78, 5) is 49.7. The lowest BCUT2D eigenvalue weighted by Crippen LogP contribution is -2.36. The molecule has 10 nitrogen and oxygen atoms in total. The zero-order valence-corrected chi connectivity index (χ0v) is 16.1. The SMILES string of the molecule is Cn1c(=O)[nH]c(=O)c2[nH]c(C(Cc3ccncc3)NC(=O)OC(C)(C)C)nc21. The van der Waals surface area contributed by atoms with E-state index in [1.807, 2.05) is 12.1 Å². The molecule has 0 aliphatic heterocycles. The molecule has 0 aliphatic carbocycles. The van der Waals surface area contributed by atoms with Crippen LogP contribution in [0.4, 0.5) is 4.79 Å². The van der Waals surface area contributed by atoms with Gasteiger partial charge in [0.05, 0.1) is 6.04 Å². The van der Waals surface area contributed by atoms with E-state index >= 15 is 0 Å². The van der Waals surface area contributed by atoms with E-state index in [9.17, 15) is 14.4 Å². The molecule has 0 saturated carbocycles. The first kappa shape index (κ1) is 19.3. The molecule has 0 aromatic carbocycles. The summed E-state index contributed by atoms with van der Waals surface area (Å²) in [6.45, 7) is 5.29. The lowest BCUT2D eigenvalue weighted by Gasteiger charge is -2.23. The summed E-state index contributed by atoms with van der Waals surface area (Å²) in [7, 11) is 1.50. The zero-order chi connectivity index (χ0) is 20.5. The van der Waals surface area contributed by atoms with E-state index < -0.39 is 29.0 Å². The highest BCUT2D eigenvalue weighted by Gasteiger charge is 2.24. The summed E-state index contributed by atoms with van der Waals surface area (Å²) < 4.78 is 6.57. The van der Waals surface area contributed by atoms with Crippen LogP contribution in [0.2, 0.25) is 0 Å². The van der Waals surface area contributed by atoms with Gasteiger partial charge in [-0.1, -0.05) is 0 Å². The number of imidazole rings is 1. The fraction of sp³-hybridized carbons (Fsp3) is 0.389. The van der Waals surface area contributed by atoms with Crippen molar-refractivity contribution in [2.75, 3.05) is 0 Å². The molecule has 3 aromatic heterocycles. The van der Waals surface area contributed by atoms with Crippen molar-refractivity contribution in [2.24, 2.45) is 7.05 Å². The van der Waals surface area contributed by atoms with Crippen LogP contribution in [0.25, 0.3) is 11.2 Å². The fourth-order valence-electron chi connectivity index (χ4n) is 2.71. The second-order valence-electron chi connectivity index (χ2n) is 7.40. The van der Waals surface area contributed by atoms with E-state index in [2.05, 4.69) is 25.3 Å². The van der Waals surface area contributed by atoms with Gasteiger partial charge in [-0.2, -0.15) is 0 Å². The van der Waals surface area contributed by atoms with E-state index in [0.29, 0.717) is 12.2 Å². The molecule has 3 heterocycles. The Morgan fingerprint density at radius 1 is 1.25 bits per heavy atom. The average molecular weight is 386 g/mol. The average Bonchev–Trinajstić information content (AvgIpc) is 3.05. The second kappa shape index (κ2) is 7.29. The molecule has 0 bridgehead atoms. The lowest BCUT2D eigenvalue weighted by atomic mass is 10.1. The van der Waals surface area contributed by atoms with Crippen molar-refractivity contribution in [1.29, 1.82) is 0 Å². The molecule has 28 heavy (non-hydrogen) atoms. The molecule has 3 N–H and O–H groups in total. The summed E-state index contributed by atoms with van der Waals surface area (Å²) in [6, 6.07) is 3.02. The number of aryl methyl sites for hydroxylation is 1. The third kappa shape index (κ3) is 4.27. The number of pyridine rings is 1. The minimum absolute atomic E-state index is 0.155. The van der Waals surface area contributed by atoms with Crippen molar-refractivity contribution >= 4 is 17.3 Å². The maximum absolute atomic E-state index is 12.3. The molecule has 0 spiro atoms. The molecule has 0 radical (unpaired) electrons. The van der Waals surface area contributed by atoms with Gasteiger partial charge in [0, 0.05) is 25.9 Å². The first-order chi connectivity index (χ1) is 13.1. The highest BCUT2D eigenvalue weighted by atomic mass is 16.6. The third-order valence-electron chi connectivity index (χ3n) is 3.98. The molecule has 0 fully saturated rings. The molecule has 3 rings (SSSR count). The Morgan fingerprint density at radius 2 is 1.93 bits per heavy atom. The van der Waals surface area contributed by atoms with Crippen LogP contribution < -0.4 is 16.6 Å². The minimum Gasteiger partial charge on any atom is -0.444 e. The first-order valence-electron chi connectivity index (χ1n) is 8.71. The quantitative estimate of drug-likeness (QED) is 0.616. The monoisotopic (exact) mass is 386 g/mol. The van der Waals surface area contributed by atoms with Gasteiger partial charge >= 0.3 is 11.8 Å². The Hall–Kier alpha value is -3.43. The van der Waals surface area contributed by atoms with Gasteiger partial charge in [0.2, 0.25) is 0 Å². The van der Waals surface area contributed by atoms with Crippen LogP contribution in [0.5, 0.6) is 0 Å². The third-order valence-corrected chi connectivity index (χ3v) is 3.98. The summed E-state index contributed by atoms with van der Waals surface area (Å²) in [6.07, 6.45) is 3.06. The van der Waals surface area contributed by atoms with Gasteiger partial charge in [-0.3, -0.25) is 19.3 Å². The second-order valence-corrected chi connectivity index (χ2v) is 7.40. The highest BCUT2D eigenvalue weighted by molar-refractivity contribution is 5.71. The van der Waals surface area contributed by atoms with E-state index in [0.717, 1.165) is 5.56 Å². The number of amides is 1. The van der Waals surface area contributed by atoms with Gasteiger partial charge in [0.1, 0.15) is 16.9 Å². The fourth-order valence-corrected chi connectivity index (χ4v) is 2.71. The van der Waals surface area contributed by atoms with Gasteiger partial charge < -0.3 is 15.0 Å². The number of carbonyl (C=O) groups excluding carboxylic acids is 1. The number of rotatable bonds is 4. The number of nitrogens with one attached hydrogen (secondary N) is 3. The van der Waals surface area contributed by atoms with Crippen LogP contribution in [0.15, 0.2) is 34.1 Å². The Bertz CT molecular complexity index is 1110. The molecule has 148 valence electrons. The van der Waals surface area contributed by atoms with Gasteiger partial charge in [0.15, 0.2) is 5.65 Å². The topological polar surface area (TPSA) is 135 Å². The molecule has 1 unspecified atom stereocenters. The smallest absolute Gasteiger partial charge is 0.408 e. The predicted octanol–water partition coefficient (Wildman–Crippen LogP) is 1.15. The Labute approximate surface area is 160 Å². The zero-order valence-electron chi connectivity index (χ0n) is 16.1. The largest absolute Gasteiger partial charge is 0.444 e. The summed E-state index contributed by atoms with van der Waals surface area (Å²) in [5.74, 6) is 0.337. The van der Waals surface area contributed by atoms with E-state index in [1.54, 1.807) is 33.2 Å². The van der Waals surface area contributed by atoms with Crippen molar-refractivity contribution in [3.63, 3.8) is 0 Å². The number of nitrogens with zero attached hydrogens (tertiary/aromatic N) is 3. The molecule has 0 aliphatic rings. The maximum atomic E-state index is 12.3. The minimum atomic E-state index is -0.666. The molecular weight excluding hydrogens is 364 g/mol. The predicted molar refractivity (Wildman–Crippen MR) is 102 cm³/mol. The standard InChI is InChI=1S/C18H22N6O4/c1-18(2,3)28-17(27)20-11(9-10-5-7-19-8-6-10)13-21-12-14(22-13)24(4)16(26)23-15(12)25/h5-8,11H,9H2,1-4H3,(H,20,27)(H,21,22)(H,23,25,26). The van der Waals surface area contributed by atoms with Crippen LogP contribution in [0.1, 0.15) is 38.2 Å². The van der Waals surface area contributed by atoms with Crippen LogP contribution in [-0.4, -0.2) is 36.2 Å². The highest BCUT2D eigenvalue weighted by Crippen LogP contribution is 2.19. The Morgan fingerprint density at radius 3 is 2.57 bits per heavy atom. The Kier molecular flexibility index (Phi) is 5.04. The first-order valence-corrected chi connectivity index (χ1v) is 8.71. The van der Waals surface area contributed by atoms with E-state index in [1.165, 1.54) is 11.6 Å². The van der Waals surface area contributed by atoms with Crippen LogP contribution >= 0.6 is 0 Å². The van der Waals surface area contributed by atoms with Crippen LogP contribution in [0.3, 0.4) is 0 Å². The lowest BCUT2D eigenvalue weighted by molar-refractivity contribution is 0.0501. The molecule has 1 amide bonds. The number of hydrogen-bond donors (Lipinski definition) is 3. The number of aromatic nitrogens is 5. The maximum Gasteiger partial charge on any atom is 0.408 e. The number of H-pyrrole nitrogens is 2. The Balaban J connectivity index is 2.00. The number of carbonyl (C=O) groups is 1. The van der Waals surface area contributed by atoms with Gasteiger partial charge in [-0.05, 0) is 38.5 Å². The van der Waals surface area contributed by atoms with Gasteiger partial charge in [0.25, 0.3) is 5.56 Å². The van der Waals surface area contributed by atoms with Crippen molar-refractivity contribution in [1.82, 2.24) is 29.8 Å². The molecular formula is C18H22N6O4. The van der Waals surface area contributed by atoms with E-state index in [-0.39, 0.29) is 11.2 Å². The van der Waals surface area contributed by atoms with Crippen molar-refractivity contribution in [3.8, 4) is 0 Å². The summed E-state index contributed by atoms with van der Waals surface area (Å²) in [5, 5.41) is 2.78. The normalized spacial score (nSPS) is 12.7. The van der Waals surface area contributed by atoms with Gasteiger partial charge in [-0.15, -0.1) is 0 Å². The van der Waals surface area contributed by atoms with Crippen molar-refractivity contribution in [3.05, 3.63) is 56.8 Å². The van der Waals surface area contributed by atoms with E-state index in [4.69, 9.17) is 4.74 Å². The summed E-state index contributed by atoms with van der Waals surface area (Å²) in [5.41, 5.74) is -0.546. The number of aromatic amines is 2. The summed E-state index contributed by atoms with van der Waals surface area (Å²) >= 11 is 0. The number of hydrogen-bond acceptors (Lipinski definition) is 6. The molecule has 1 atom stereocenters. The number of ether oxygens (including phenoxy) is 1. The molecule has 0 saturated heterocycles. The molecule has 3 aromatic rings. The van der Waals surface area contributed by atoms with Gasteiger partial charge in [-0.25, -0.2) is 14.6 Å². The van der Waals surface area contributed by atoms with Crippen LogP contribution in [-0.2, 0) is 18.2 Å². The molecule has 10 heteroatoms. The van der Waals surface area contributed by atoms with Crippen molar-refractivity contribution in [2.45, 2.75) is 38.8 Å². The van der Waals surface area contributed by atoms with Crippen molar-refractivity contribution < 1.29 is 9.53 Å².